The van der Waals surface area contributed by atoms with Crippen LogP contribution < -0.4 is 5.32 Å². The first-order valence-electron chi connectivity index (χ1n) is 5.11. The van der Waals surface area contributed by atoms with Crippen LogP contribution in [0.5, 0.6) is 0 Å². The number of hydrogen-bond donors (Lipinski definition) is 2. The van der Waals surface area contributed by atoms with E-state index in [-0.39, 0.29) is 11.8 Å². The first-order valence-corrected chi connectivity index (χ1v) is 5.11. The predicted octanol–water partition coefficient (Wildman–Crippen LogP) is -0.813. The maximum absolute atomic E-state index is 11.6. The van der Waals surface area contributed by atoms with Crippen molar-refractivity contribution in [3.63, 3.8) is 0 Å². The number of hydrogen-bond acceptors (Lipinski definition) is 4. The SMILES string of the molecule is CC12CC(O)C(C)(O1)C1C(=O)NC(=O)C12. The molecule has 3 saturated heterocycles. The average molecular weight is 211 g/mol. The van der Waals surface area contributed by atoms with E-state index in [4.69, 9.17) is 4.74 Å². The summed E-state index contributed by atoms with van der Waals surface area (Å²) in [4.78, 5) is 23.2. The average Bonchev–Trinajstić information content (AvgIpc) is 2.58. The number of nitrogens with one attached hydrogen (secondary N) is 1. The Bertz CT molecular complexity index is 382. The Morgan fingerprint density at radius 2 is 1.93 bits per heavy atom. The molecular weight excluding hydrogens is 198 g/mol. The smallest absolute Gasteiger partial charge is 0.233 e. The van der Waals surface area contributed by atoms with Crippen LogP contribution >= 0.6 is 0 Å². The molecule has 3 aliphatic rings. The number of ether oxygens (including phenoxy) is 1. The lowest BCUT2D eigenvalue weighted by Crippen LogP contribution is -2.48. The molecule has 0 spiro atoms. The van der Waals surface area contributed by atoms with Crippen LogP contribution in [0, 0.1) is 11.8 Å². The second-order valence-electron chi connectivity index (χ2n) is 5.13. The van der Waals surface area contributed by atoms with Crippen LogP contribution in [-0.4, -0.2) is 34.2 Å². The van der Waals surface area contributed by atoms with E-state index in [0.717, 1.165) is 0 Å². The van der Waals surface area contributed by atoms with Crippen molar-refractivity contribution in [1.29, 1.82) is 0 Å². The first-order chi connectivity index (χ1) is 6.88. The fourth-order valence-corrected chi connectivity index (χ4v) is 3.46. The van der Waals surface area contributed by atoms with Gasteiger partial charge >= 0.3 is 0 Å². The summed E-state index contributed by atoms with van der Waals surface area (Å²) in [5, 5.41) is 12.2. The molecule has 3 fully saturated rings. The third-order valence-electron chi connectivity index (χ3n) is 4.13. The molecule has 2 N–H and O–H groups in total. The molecule has 3 rings (SSSR count). The second-order valence-corrected chi connectivity index (χ2v) is 5.13. The highest BCUT2D eigenvalue weighted by Crippen LogP contribution is 2.58. The van der Waals surface area contributed by atoms with Gasteiger partial charge in [0.1, 0.15) is 5.60 Å². The first kappa shape index (κ1) is 9.30. The minimum absolute atomic E-state index is 0.261. The molecule has 15 heavy (non-hydrogen) atoms. The number of imide groups is 1. The molecule has 5 unspecified atom stereocenters. The Balaban J connectivity index is 2.14. The van der Waals surface area contributed by atoms with Gasteiger partial charge in [0.15, 0.2) is 0 Å². The van der Waals surface area contributed by atoms with E-state index in [2.05, 4.69) is 5.32 Å². The summed E-state index contributed by atoms with van der Waals surface area (Å²) in [7, 11) is 0. The molecule has 0 aromatic heterocycles. The van der Waals surface area contributed by atoms with Crippen LogP contribution in [0.15, 0.2) is 0 Å². The molecule has 0 saturated carbocycles. The normalized spacial score (nSPS) is 57.1. The van der Waals surface area contributed by atoms with Crippen LogP contribution in [0.2, 0.25) is 0 Å². The van der Waals surface area contributed by atoms with Gasteiger partial charge in [-0.05, 0) is 13.8 Å². The fraction of sp³-hybridized carbons (Fsp3) is 0.800. The van der Waals surface area contributed by atoms with E-state index >= 15 is 0 Å². The number of carbonyl (C=O) groups excluding carboxylic acids is 2. The highest BCUT2D eigenvalue weighted by Gasteiger charge is 2.73. The Hall–Kier alpha value is -0.940. The molecule has 5 atom stereocenters. The van der Waals surface area contributed by atoms with Crippen LogP contribution in [0.3, 0.4) is 0 Å². The van der Waals surface area contributed by atoms with Crippen molar-refractivity contribution < 1.29 is 19.4 Å². The lowest BCUT2D eigenvalue weighted by molar-refractivity contribution is -0.135. The third-order valence-corrected chi connectivity index (χ3v) is 4.13. The minimum atomic E-state index is -0.893. The van der Waals surface area contributed by atoms with Gasteiger partial charge in [-0.1, -0.05) is 0 Å². The van der Waals surface area contributed by atoms with Crippen molar-refractivity contribution >= 4 is 11.8 Å². The molecule has 0 aromatic carbocycles. The summed E-state index contributed by atoms with van der Waals surface area (Å²) in [5.74, 6) is -1.53. The van der Waals surface area contributed by atoms with Crippen molar-refractivity contribution in [3.8, 4) is 0 Å². The number of amides is 2. The highest BCUT2D eigenvalue weighted by atomic mass is 16.6. The Morgan fingerprint density at radius 3 is 2.60 bits per heavy atom. The molecule has 0 aliphatic carbocycles. The molecule has 0 aromatic rings. The number of aliphatic hydroxyl groups excluding tert-OH is 1. The van der Waals surface area contributed by atoms with Crippen molar-refractivity contribution in [2.24, 2.45) is 11.8 Å². The fourth-order valence-electron chi connectivity index (χ4n) is 3.46. The standard InChI is InChI=1S/C10H13NO4/c1-9-3-4(12)10(2,15-9)6-5(9)7(13)11-8(6)14/h4-6,12H,3H2,1-2H3,(H,11,13,14). The summed E-state index contributed by atoms with van der Waals surface area (Å²) in [6, 6.07) is 0. The molecule has 3 heterocycles. The van der Waals surface area contributed by atoms with Crippen LogP contribution in [0.25, 0.3) is 0 Å². The largest absolute Gasteiger partial charge is 0.390 e. The topological polar surface area (TPSA) is 75.6 Å². The van der Waals surface area contributed by atoms with Crippen molar-refractivity contribution in [3.05, 3.63) is 0 Å². The zero-order chi connectivity index (χ0) is 11.0. The van der Waals surface area contributed by atoms with Crippen LogP contribution in [0.1, 0.15) is 20.3 Å². The Morgan fingerprint density at radius 1 is 1.33 bits per heavy atom. The van der Waals surface area contributed by atoms with Gasteiger partial charge in [0.05, 0.1) is 23.5 Å². The van der Waals surface area contributed by atoms with Crippen LogP contribution in [-0.2, 0) is 14.3 Å². The number of carbonyl (C=O) groups is 2. The quantitative estimate of drug-likeness (QED) is 0.514. The van der Waals surface area contributed by atoms with Crippen molar-refractivity contribution in [2.75, 3.05) is 0 Å². The molecular formula is C10H13NO4. The monoisotopic (exact) mass is 211 g/mol. The molecule has 5 nitrogen and oxygen atoms in total. The molecule has 82 valence electrons. The van der Waals surface area contributed by atoms with Gasteiger partial charge in [-0.3, -0.25) is 14.9 Å². The number of fused-ring (bicyclic) bond motifs is 5. The maximum atomic E-state index is 11.6. The van der Waals surface area contributed by atoms with E-state index in [0.29, 0.717) is 6.42 Å². The molecule has 2 bridgehead atoms. The molecule has 2 amide bonds. The van der Waals surface area contributed by atoms with E-state index in [1.165, 1.54) is 0 Å². The Labute approximate surface area is 86.8 Å². The number of aliphatic hydroxyl groups is 1. The van der Waals surface area contributed by atoms with Crippen molar-refractivity contribution in [1.82, 2.24) is 5.32 Å². The zero-order valence-corrected chi connectivity index (χ0v) is 8.61. The Kier molecular flexibility index (Phi) is 1.39. The molecule has 3 aliphatic heterocycles. The van der Waals surface area contributed by atoms with E-state index < -0.39 is 29.1 Å². The van der Waals surface area contributed by atoms with Gasteiger partial charge in [0.25, 0.3) is 0 Å². The van der Waals surface area contributed by atoms with E-state index in [1.807, 2.05) is 0 Å². The predicted molar refractivity (Wildman–Crippen MR) is 48.6 cm³/mol. The van der Waals surface area contributed by atoms with Gasteiger partial charge in [0.2, 0.25) is 11.8 Å². The summed E-state index contributed by atoms with van der Waals surface area (Å²) < 4.78 is 5.74. The minimum Gasteiger partial charge on any atom is -0.390 e. The summed E-state index contributed by atoms with van der Waals surface area (Å²) in [6.07, 6.45) is -0.244. The van der Waals surface area contributed by atoms with Gasteiger partial charge in [-0.2, -0.15) is 0 Å². The summed E-state index contributed by atoms with van der Waals surface area (Å²) in [6.45, 7) is 3.51. The van der Waals surface area contributed by atoms with Gasteiger partial charge in [-0.15, -0.1) is 0 Å². The molecule has 0 radical (unpaired) electrons. The maximum Gasteiger partial charge on any atom is 0.233 e. The van der Waals surface area contributed by atoms with Gasteiger partial charge < -0.3 is 9.84 Å². The third kappa shape index (κ3) is 0.823. The van der Waals surface area contributed by atoms with Gasteiger partial charge in [-0.25, -0.2) is 0 Å². The summed E-state index contributed by atoms with van der Waals surface area (Å²) >= 11 is 0. The number of rotatable bonds is 0. The van der Waals surface area contributed by atoms with E-state index in [9.17, 15) is 14.7 Å². The van der Waals surface area contributed by atoms with Crippen LogP contribution in [0.4, 0.5) is 0 Å². The zero-order valence-electron chi connectivity index (χ0n) is 8.61. The summed E-state index contributed by atoms with van der Waals surface area (Å²) in [5.41, 5.74) is -1.58. The highest BCUT2D eigenvalue weighted by molar-refractivity contribution is 6.07. The lowest BCUT2D eigenvalue weighted by Gasteiger charge is -2.31. The van der Waals surface area contributed by atoms with E-state index in [1.54, 1.807) is 13.8 Å². The lowest BCUT2D eigenvalue weighted by atomic mass is 9.67. The second kappa shape index (κ2) is 2.25. The van der Waals surface area contributed by atoms with Gasteiger partial charge in [0, 0.05) is 6.42 Å². The molecule has 5 heteroatoms. The van der Waals surface area contributed by atoms with Crippen molar-refractivity contribution in [2.45, 2.75) is 37.6 Å².